The van der Waals surface area contributed by atoms with Crippen LogP contribution in [0.4, 0.5) is 0 Å². The van der Waals surface area contributed by atoms with Crippen molar-refractivity contribution in [2.45, 2.75) is 71.6 Å². The summed E-state index contributed by atoms with van der Waals surface area (Å²) in [5.74, 6) is 5.06. The molecule has 0 N–H and O–H groups in total. The molecule has 0 aromatic heterocycles. The second-order valence-electron chi connectivity index (χ2n) is 9.79. The Balaban J connectivity index is 1.57. The Morgan fingerprint density at radius 2 is 2.12 bits per heavy atom. The number of carbonyl (C=O) groups excluding carboxylic acids is 1. The molecule has 4 rings (SSSR count). The van der Waals surface area contributed by atoms with Crippen LogP contribution in [0.15, 0.2) is 36.5 Å². The summed E-state index contributed by atoms with van der Waals surface area (Å²) >= 11 is 0. The molecule has 1 nitrogen and oxygen atoms in total. The number of carbonyl (C=O) groups is 1. The molecule has 1 heteroatoms. The average molecular weight is 353 g/mol. The van der Waals surface area contributed by atoms with E-state index in [2.05, 4.69) is 38.7 Å². The van der Waals surface area contributed by atoms with Crippen molar-refractivity contribution >= 4 is 5.78 Å². The van der Waals surface area contributed by atoms with Crippen LogP contribution in [0.1, 0.15) is 71.6 Å². The maximum absolute atomic E-state index is 11.9. The predicted octanol–water partition coefficient (Wildman–Crippen LogP) is 6.51. The predicted molar refractivity (Wildman–Crippen MR) is 109 cm³/mol. The lowest BCUT2D eigenvalue weighted by molar-refractivity contribution is -0.115. The molecule has 2 saturated carbocycles. The van der Waals surface area contributed by atoms with E-state index < -0.39 is 0 Å². The molecule has 0 amide bonds. The zero-order valence-electron chi connectivity index (χ0n) is 16.8. The van der Waals surface area contributed by atoms with E-state index in [1.165, 1.54) is 50.5 Å². The first kappa shape index (κ1) is 18.3. The Morgan fingerprint density at radius 3 is 2.88 bits per heavy atom. The summed E-state index contributed by atoms with van der Waals surface area (Å²) in [7, 11) is 0. The first-order chi connectivity index (χ1) is 12.6. The van der Waals surface area contributed by atoms with Crippen molar-refractivity contribution in [3.63, 3.8) is 0 Å². The van der Waals surface area contributed by atoms with Gasteiger partial charge in [-0.1, -0.05) is 57.8 Å². The van der Waals surface area contributed by atoms with Crippen molar-refractivity contribution < 1.29 is 4.79 Å². The van der Waals surface area contributed by atoms with Gasteiger partial charge in [0.1, 0.15) is 0 Å². The molecule has 0 heterocycles. The van der Waals surface area contributed by atoms with Crippen molar-refractivity contribution in [2.24, 2.45) is 40.9 Å². The van der Waals surface area contributed by atoms with Crippen LogP contribution in [0.25, 0.3) is 0 Å². The quantitative estimate of drug-likeness (QED) is 0.393. The highest BCUT2D eigenvalue weighted by Gasteiger charge is 2.56. The number of allylic oxidation sites excluding steroid dienone is 5. The van der Waals surface area contributed by atoms with Gasteiger partial charge >= 0.3 is 0 Å². The van der Waals surface area contributed by atoms with E-state index in [4.69, 9.17) is 0 Å². The largest absolute Gasteiger partial charge is 0.295 e. The minimum absolute atomic E-state index is 0.293. The normalized spacial score (nSPS) is 44.1. The number of hydrogen-bond donors (Lipinski definition) is 0. The molecule has 0 radical (unpaired) electrons. The van der Waals surface area contributed by atoms with Crippen molar-refractivity contribution in [3.8, 4) is 0 Å². The first-order valence-corrected chi connectivity index (χ1v) is 11.1. The number of hydrogen-bond acceptors (Lipinski definition) is 1. The van der Waals surface area contributed by atoms with E-state index in [9.17, 15) is 4.79 Å². The highest BCUT2D eigenvalue weighted by Crippen LogP contribution is 2.63. The second kappa shape index (κ2) is 7.13. The molecule has 0 aliphatic heterocycles. The fourth-order valence-electron chi connectivity index (χ4n) is 6.67. The highest BCUT2D eigenvalue weighted by molar-refractivity contribution is 5.91. The summed E-state index contributed by atoms with van der Waals surface area (Å²) in [5.41, 5.74) is 1.63. The standard InChI is InChI=1S/C25H36O/c1-4-6-7-8-17-16-23(17)24-22-11-9-18-15-19(26)10-12-20(18)21(22)13-14-25(24,3)5-2/h5,9,11,15,17,20-24H,2,4,6-8,10,12-14,16H2,1,3H3/t17-,20-,21+,22+,23+,24+,25-/m0/s1. The summed E-state index contributed by atoms with van der Waals surface area (Å²) in [4.78, 5) is 11.9. The smallest absolute Gasteiger partial charge is 0.155 e. The van der Waals surface area contributed by atoms with Crippen LogP contribution in [-0.4, -0.2) is 5.78 Å². The SMILES string of the molecule is C=C[C@@]1(C)CC[C@H]2[C@@H](C=CC3=CC(=O)CC[C@@H]32)[C@@H]1[C@@H]1C[C@@H]1CCCCC. The van der Waals surface area contributed by atoms with Gasteiger partial charge in [0.15, 0.2) is 5.78 Å². The van der Waals surface area contributed by atoms with E-state index >= 15 is 0 Å². The van der Waals surface area contributed by atoms with Crippen molar-refractivity contribution in [1.82, 2.24) is 0 Å². The summed E-state index contributed by atoms with van der Waals surface area (Å²) in [5, 5.41) is 0. The van der Waals surface area contributed by atoms with Crippen LogP contribution < -0.4 is 0 Å². The van der Waals surface area contributed by atoms with Gasteiger partial charge in [0, 0.05) is 6.42 Å². The van der Waals surface area contributed by atoms with E-state index in [-0.39, 0.29) is 0 Å². The molecular formula is C25H36O. The third kappa shape index (κ3) is 3.16. The molecule has 7 atom stereocenters. The number of fused-ring (bicyclic) bond motifs is 3. The zero-order chi connectivity index (χ0) is 18.3. The van der Waals surface area contributed by atoms with Gasteiger partial charge < -0.3 is 0 Å². The monoisotopic (exact) mass is 352 g/mol. The van der Waals surface area contributed by atoms with Gasteiger partial charge in [0.2, 0.25) is 0 Å². The van der Waals surface area contributed by atoms with Gasteiger partial charge in [-0.15, -0.1) is 6.58 Å². The summed E-state index contributed by atoms with van der Waals surface area (Å²) in [6.07, 6.45) is 20.5. The van der Waals surface area contributed by atoms with Gasteiger partial charge in [-0.05, 0) is 78.3 Å². The van der Waals surface area contributed by atoms with Gasteiger partial charge in [0.25, 0.3) is 0 Å². The maximum atomic E-state index is 11.9. The van der Waals surface area contributed by atoms with E-state index in [0.29, 0.717) is 23.0 Å². The third-order valence-corrected chi connectivity index (χ3v) is 8.26. The fourth-order valence-corrected chi connectivity index (χ4v) is 6.67. The van der Waals surface area contributed by atoms with Crippen molar-refractivity contribution in [3.05, 3.63) is 36.5 Å². The molecule has 2 fully saturated rings. The van der Waals surface area contributed by atoms with Crippen LogP contribution in [0, 0.1) is 40.9 Å². The Bertz CT molecular complexity index is 626. The topological polar surface area (TPSA) is 17.1 Å². The Kier molecular flexibility index (Phi) is 5.01. The Morgan fingerprint density at radius 1 is 1.27 bits per heavy atom. The van der Waals surface area contributed by atoms with Gasteiger partial charge in [-0.3, -0.25) is 4.79 Å². The fraction of sp³-hybridized carbons (Fsp3) is 0.720. The lowest BCUT2D eigenvalue weighted by Crippen LogP contribution is -2.45. The molecular weight excluding hydrogens is 316 g/mol. The summed E-state index contributed by atoms with van der Waals surface area (Å²) in [6.45, 7) is 9.05. The van der Waals surface area contributed by atoms with Crippen molar-refractivity contribution in [2.75, 3.05) is 0 Å². The Hall–Kier alpha value is -1.11. The molecule has 4 aliphatic carbocycles. The summed E-state index contributed by atoms with van der Waals surface area (Å²) in [6, 6.07) is 0. The number of ketones is 1. The van der Waals surface area contributed by atoms with Crippen LogP contribution in [0.5, 0.6) is 0 Å². The van der Waals surface area contributed by atoms with E-state index in [1.54, 1.807) is 0 Å². The molecule has 0 unspecified atom stereocenters. The minimum atomic E-state index is 0.293. The molecule has 0 bridgehead atoms. The van der Waals surface area contributed by atoms with Gasteiger partial charge in [0.05, 0.1) is 0 Å². The van der Waals surface area contributed by atoms with Crippen molar-refractivity contribution in [1.29, 1.82) is 0 Å². The molecule has 0 aromatic rings. The Labute approximate surface area is 160 Å². The van der Waals surface area contributed by atoms with Crippen LogP contribution >= 0.6 is 0 Å². The summed E-state index contributed by atoms with van der Waals surface area (Å²) < 4.78 is 0. The van der Waals surface area contributed by atoms with E-state index in [0.717, 1.165) is 36.5 Å². The number of unbranched alkanes of at least 4 members (excludes halogenated alkanes) is 2. The molecule has 0 saturated heterocycles. The zero-order valence-corrected chi connectivity index (χ0v) is 16.8. The van der Waals surface area contributed by atoms with E-state index in [1.807, 2.05) is 6.08 Å². The highest BCUT2D eigenvalue weighted by atomic mass is 16.1. The maximum Gasteiger partial charge on any atom is 0.155 e. The molecule has 0 spiro atoms. The lowest BCUT2D eigenvalue weighted by Gasteiger charge is -2.52. The van der Waals surface area contributed by atoms with Gasteiger partial charge in [-0.25, -0.2) is 0 Å². The third-order valence-electron chi connectivity index (χ3n) is 8.26. The number of rotatable bonds is 6. The average Bonchev–Trinajstić information content (AvgIpc) is 3.40. The van der Waals surface area contributed by atoms with Gasteiger partial charge in [-0.2, -0.15) is 0 Å². The van der Waals surface area contributed by atoms with Crippen LogP contribution in [0.2, 0.25) is 0 Å². The molecule has 4 aliphatic rings. The second-order valence-corrected chi connectivity index (χ2v) is 9.79. The molecule has 0 aromatic carbocycles. The first-order valence-electron chi connectivity index (χ1n) is 11.1. The van der Waals surface area contributed by atoms with Crippen LogP contribution in [-0.2, 0) is 4.79 Å². The molecule has 142 valence electrons. The molecule has 26 heavy (non-hydrogen) atoms. The van der Waals surface area contributed by atoms with Crippen LogP contribution in [0.3, 0.4) is 0 Å². The lowest BCUT2D eigenvalue weighted by atomic mass is 9.52. The minimum Gasteiger partial charge on any atom is -0.295 e.